The van der Waals surface area contributed by atoms with E-state index in [0.29, 0.717) is 5.41 Å². The number of hydrogen-bond acceptors (Lipinski definition) is 1. The van der Waals surface area contributed by atoms with Crippen molar-refractivity contribution in [3.8, 4) is 0 Å². The predicted molar refractivity (Wildman–Crippen MR) is 88.0 cm³/mol. The van der Waals surface area contributed by atoms with Gasteiger partial charge in [-0.15, -0.1) is 0 Å². The fourth-order valence-electron chi connectivity index (χ4n) is 2.81. The van der Waals surface area contributed by atoms with E-state index < -0.39 is 0 Å². The molecule has 1 heteroatoms. The Morgan fingerprint density at radius 2 is 1.80 bits per heavy atom. The largest absolute Gasteiger partial charge is 0.312 e. The number of nitrogens with one attached hydrogen (secondary N) is 1. The van der Waals surface area contributed by atoms with Gasteiger partial charge in [0.05, 0.1) is 0 Å². The van der Waals surface area contributed by atoms with Gasteiger partial charge in [0.25, 0.3) is 0 Å². The van der Waals surface area contributed by atoms with E-state index in [2.05, 4.69) is 50.4 Å². The Kier molecular flexibility index (Phi) is 5.65. The van der Waals surface area contributed by atoms with Crippen LogP contribution in [0.5, 0.6) is 0 Å². The molecule has 1 aliphatic rings. The van der Waals surface area contributed by atoms with Crippen molar-refractivity contribution in [2.75, 3.05) is 6.54 Å². The molecule has 112 valence electrons. The molecule has 1 nitrogen and oxygen atoms in total. The van der Waals surface area contributed by atoms with E-state index in [1.54, 1.807) is 0 Å². The van der Waals surface area contributed by atoms with Crippen LogP contribution in [0.4, 0.5) is 0 Å². The molecule has 0 unspecified atom stereocenters. The lowest BCUT2D eigenvalue weighted by Crippen LogP contribution is -2.29. The van der Waals surface area contributed by atoms with Crippen molar-refractivity contribution in [1.82, 2.24) is 5.32 Å². The molecule has 0 aromatic heterocycles. The Labute approximate surface area is 125 Å². The summed E-state index contributed by atoms with van der Waals surface area (Å²) >= 11 is 0. The molecule has 20 heavy (non-hydrogen) atoms. The number of rotatable bonds is 9. The fraction of sp³-hybridized carbons (Fsp3) is 0.684. The summed E-state index contributed by atoms with van der Waals surface area (Å²) in [6.45, 7) is 9.15. The molecule has 0 amide bonds. The molecule has 0 bridgehead atoms. The van der Waals surface area contributed by atoms with Gasteiger partial charge in [0, 0.05) is 13.1 Å². The second-order valence-electron chi connectivity index (χ2n) is 7.24. The summed E-state index contributed by atoms with van der Waals surface area (Å²) in [5.74, 6) is 0.870. The summed E-state index contributed by atoms with van der Waals surface area (Å²) in [6.07, 6.45) is 8.16. The summed E-state index contributed by atoms with van der Waals surface area (Å²) in [5, 5.41) is 3.63. The average Bonchev–Trinajstić information content (AvgIpc) is 3.24. The van der Waals surface area contributed by atoms with Gasteiger partial charge in [-0.2, -0.15) is 0 Å². The molecular formula is C19H31N. The first-order valence-corrected chi connectivity index (χ1v) is 8.40. The molecule has 0 saturated heterocycles. The second kappa shape index (κ2) is 7.26. The highest BCUT2D eigenvalue weighted by Gasteiger charge is 2.22. The number of benzene rings is 1. The van der Waals surface area contributed by atoms with Crippen molar-refractivity contribution >= 4 is 0 Å². The molecule has 1 aromatic rings. The van der Waals surface area contributed by atoms with Crippen molar-refractivity contribution in [3.05, 3.63) is 35.4 Å². The Morgan fingerprint density at radius 1 is 1.10 bits per heavy atom. The molecule has 0 atom stereocenters. The van der Waals surface area contributed by atoms with E-state index >= 15 is 0 Å². The highest BCUT2D eigenvalue weighted by Crippen LogP contribution is 2.39. The van der Waals surface area contributed by atoms with Gasteiger partial charge in [-0.3, -0.25) is 0 Å². The lowest BCUT2D eigenvalue weighted by atomic mass is 9.87. The monoisotopic (exact) mass is 273 g/mol. The van der Waals surface area contributed by atoms with Gasteiger partial charge >= 0.3 is 0 Å². The first-order valence-electron chi connectivity index (χ1n) is 8.40. The van der Waals surface area contributed by atoms with E-state index in [4.69, 9.17) is 0 Å². The van der Waals surface area contributed by atoms with Gasteiger partial charge in [0.2, 0.25) is 0 Å². The lowest BCUT2D eigenvalue weighted by molar-refractivity contribution is 0.302. The summed E-state index contributed by atoms with van der Waals surface area (Å²) in [4.78, 5) is 0. The molecule has 1 N–H and O–H groups in total. The molecule has 0 aliphatic heterocycles. The lowest BCUT2D eigenvalue weighted by Gasteiger charge is -2.25. The number of hydrogen-bond donors (Lipinski definition) is 1. The maximum Gasteiger partial charge on any atom is 0.0205 e. The quantitative estimate of drug-likeness (QED) is 0.605. The molecule has 1 aliphatic carbocycles. The highest BCUT2D eigenvalue weighted by molar-refractivity contribution is 5.27. The minimum absolute atomic E-state index is 0.420. The summed E-state index contributed by atoms with van der Waals surface area (Å²) in [5.41, 5.74) is 3.37. The first-order chi connectivity index (χ1) is 9.61. The molecule has 2 rings (SSSR count). The number of unbranched alkanes of at least 4 members (excludes halogenated alkanes) is 2. The van der Waals surface area contributed by atoms with Crippen LogP contribution in [0.25, 0.3) is 0 Å². The van der Waals surface area contributed by atoms with Crippen LogP contribution in [0.1, 0.15) is 76.3 Å². The van der Waals surface area contributed by atoms with Gasteiger partial charge in [0.1, 0.15) is 0 Å². The first kappa shape index (κ1) is 15.6. The van der Waals surface area contributed by atoms with Crippen molar-refractivity contribution in [1.29, 1.82) is 0 Å². The predicted octanol–water partition coefficient (Wildman–Crippen LogP) is 5.26. The topological polar surface area (TPSA) is 12.0 Å². The van der Waals surface area contributed by atoms with Crippen LogP contribution in [0.2, 0.25) is 0 Å². The third kappa shape index (κ3) is 5.28. The van der Waals surface area contributed by atoms with Crippen molar-refractivity contribution in [3.63, 3.8) is 0 Å². The standard InChI is InChI=1S/C19H31N/c1-4-5-6-13-19(2,3)15-20-14-16-7-9-17(10-8-16)18-11-12-18/h7-10,18,20H,4-6,11-15H2,1-3H3. The SMILES string of the molecule is CCCCCC(C)(C)CNCc1ccc(C2CC2)cc1. The average molecular weight is 273 g/mol. The van der Waals surface area contributed by atoms with Crippen LogP contribution >= 0.6 is 0 Å². The molecule has 1 fully saturated rings. The highest BCUT2D eigenvalue weighted by atomic mass is 14.9. The van der Waals surface area contributed by atoms with Gasteiger partial charge in [-0.05, 0) is 41.7 Å². The summed E-state index contributed by atoms with van der Waals surface area (Å²) < 4.78 is 0. The molecule has 0 radical (unpaired) electrons. The van der Waals surface area contributed by atoms with E-state index in [1.807, 2.05) is 0 Å². The Morgan fingerprint density at radius 3 is 2.40 bits per heavy atom. The van der Waals surface area contributed by atoms with Gasteiger partial charge in [-0.25, -0.2) is 0 Å². The van der Waals surface area contributed by atoms with Gasteiger partial charge in [0.15, 0.2) is 0 Å². The zero-order valence-electron chi connectivity index (χ0n) is 13.5. The summed E-state index contributed by atoms with van der Waals surface area (Å²) in [7, 11) is 0. The van der Waals surface area contributed by atoms with Crippen LogP contribution in [0, 0.1) is 5.41 Å². The second-order valence-corrected chi connectivity index (χ2v) is 7.24. The van der Waals surface area contributed by atoms with E-state index in [-0.39, 0.29) is 0 Å². The normalized spacial score (nSPS) is 15.6. The zero-order valence-corrected chi connectivity index (χ0v) is 13.5. The maximum atomic E-state index is 3.63. The van der Waals surface area contributed by atoms with Crippen LogP contribution < -0.4 is 5.32 Å². The van der Waals surface area contributed by atoms with E-state index in [0.717, 1.165) is 19.0 Å². The van der Waals surface area contributed by atoms with Crippen molar-refractivity contribution in [2.45, 2.75) is 71.8 Å². The van der Waals surface area contributed by atoms with E-state index in [9.17, 15) is 0 Å². The van der Waals surface area contributed by atoms with Crippen LogP contribution in [0.3, 0.4) is 0 Å². The van der Waals surface area contributed by atoms with Crippen molar-refractivity contribution in [2.24, 2.45) is 5.41 Å². The van der Waals surface area contributed by atoms with Crippen LogP contribution in [-0.4, -0.2) is 6.54 Å². The van der Waals surface area contributed by atoms with Crippen LogP contribution in [0.15, 0.2) is 24.3 Å². The molecular weight excluding hydrogens is 242 g/mol. The van der Waals surface area contributed by atoms with Gasteiger partial charge in [-0.1, -0.05) is 64.3 Å². The molecule has 0 heterocycles. The van der Waals surface area contributed by atoms with Crippen molar-refractivity contribution < 1.29 is 0 Å². The Balaban J connectivity index is 1.68. The molecule has 0 spiro atoms. The smallest absolute Gasteiger partial charge is 0.0205 e. The van der Waals surface area contributed by atoms with Gasteiger partial charge < -0.3 is 5.32 Å². The third-order valence-electron chi connectivity index (χ3n) is 4.42. The molecule has 1 saturated carbocycles. The minimum atomic E-state index is 0.420. The Bertz CT molecular complexity index is 387. The maximum absolute atomic E-state index is 3.63. The third-order valence-corrected chi connectivity index (χ3v) is 4.42. The fourth-order valence-corrected chi connectivity index (χ4v) is 2.81. The zero-order chi connectivity index (χ0) is 14.4. The van der Waals surface area contributed by atoms with Crippen LogP contribution in [-0.2, 0) is 6.54 Å². The van der Waals surface area contributed by atoms with E-state index in [1.165, 1.54) is 49.7 Å². The summed E-state index contributed by atoms with van der Waals surface area (Å²) in [6, 6.07) is 9.23. The minimum Gasteiger partial charge on any atom is -0.312 e. The molecule has 1 aromatic carbocycles. The Hall–Kier alpha value is -0.820.